The van der Waals surface area contributed by atoms with Gasteiger partial charge in [0.25, 0.3) is 0 Å². The number of rotatable bonds is 5. The fourth-order valence-electron chi connectivity index (χ4n) is 1.23. The van der Waals surface area contributed by atoms with Gasteiger partial charge in [0.2, 0.25) is 10.0 Å². The lowest BCUT2D eigenvalue weighted by Crippen LogP contribution is -2.38. The first-order valence-corrected chi connectivity index (χ1v) is 7.25. The van der Waals surface area contributed by atoms with Crippen LogP contribution in [0.5, 0.6) is 5.75 Å². The molecule has 0 aliphatic rings. The first-order valence-electron chi connectivity index (χ1n) is 4.97. The number of carbonyl (C=O) groups is 1. The maximum absolute atomic E-state index is 13.3. The zero-order chi connectivity index (χ0) is 14.8. The average molecular weight is 356 g/mol. The number of benzene rings is 1. The third kappa shape index (κ3) is 3.64. The Bertz CT molecular complexity index is 604. The van der Waals surface area contributed by atoms with E-state index in [2.05, 4.69) is 15.9 Å². The molecule has 1 aromatic carbocycles. The van der Waals surface area contributed by atoms with E-state index in [4.69, 9.17) is 9.84 Å². The molecule has 1 rings (SSSR count). The molecule has 0 aliphatic carbocycles. The second kappa shape index (κ2) is 5.85. The number of hydrogen-bond donors (Lipinski definition) is 2. The van der Waals surface area contributed by atoms with Crippen LogP contribution in [0.3, 0.4) is 0 Å². The van der Waals surface area contributed by atoms with Gasteiger partial charge in [0.05, 0.1) is 11.6 Å². The van der Waals surface area contributed by atoms with Gasteiger partial charge >= 0.3 is 5.97 Å². The molecule has 0 unspecified atom stereocenters. The third-order valence-corrected chi connectivity index (χ3v) is 4.37. The molecule has 0 fully saturated rings. The second-order valence-corrected chi connectivity index (χ2v) is 6.14. The maximum Gasteiger partial charge on any atom is 0.321 e. The summed E-state index contributed by atoms with van der Waals surface area (Å²) in [5.41, 5.74) is 0. The largest absolute Gasteiger partial charge is 0.495 e. The van der Waals surface area contributed by atoms with Gasteiger partial charge in [0.1, 0.15) is 22.5 Å². The molecule has 0 radical (unpaired) electrons. The number of aliphatic carboxylic acids is 1. The Balaban J connectivity index is 3.28. The molecular formula is C10H11BrFNO5S. The molecule has 0 aromatic heterocycles. The van der Waals surface area contributed by atoms with Crippen molar-refractivity contribution in [2.75, 3.05) is 7.11 Å². The Hall–Kier alpha value is -1.19. The van der Waals surface area contributed by atoms with Crippen molar-refractivity contribution < 1.29 is 27.4 Å². The molecule has 1 aromatic rings. The maximum atomic E-state index is 13.3. The highest BCUT2D eigenvalue weighted by Gasteiger charge is 2.26. The fraction of sp³-hybridized carbons (Fsp3) is 0.300. The van der Waals surface area contributed by atoms with E-state index in [1.807, 2.05) is 4.72 Å². The second-order valence-electron chi connectivity index (χ2n) is 3.60. The van der Waals surface area contributed by atoms with Gasteiger partial charge in [-0.15, -0.1) is 0 Å². The van der Waals surface area contributed by atoms with Crippen molar-refractivity contribution in [1.82, 2.24) is 4.72 Å². The Morgan fingerprint density at radius 2 is 2.11 bits per heavy atom. The number of nitrogens with one attached hydrogen (secondary N) is 1. The molecule has 1 atom stereocenters. The lowest BCUT2D eigenvalue weighted by molar-refractivity contribution is -0.138. The Kier molecular flexibility index (Phi) is 4.88. The van der Waals surface area contributed by atoms with Crippen molar-refractivity contribution >= 4 is 31.9 Å². The number of carboxylic acids is 1. The fourth-order valence-corrected chi connectivity index (χ4v) is 3.09. The average Bonchev–Trinajstić information content (AvgIpc) is 2.31. The van der Waals surface area contributed by atoms with Crippen molar-refractivity contribution in [3.63, 3.8) is 0 Å². The van der Waals surface area contributed by atoms with E-state index < -0.39 is 27.9 Å². The summed E-state index contributed by atoms with van der Waals surface area (Å²) in [6.45, 7) is 1.17. The van der Waals surface area contributed by atoms with E-state index in [1.165, 1.54) is 14.0 Å². The molecule has 6 nitrogen and oxygen atoms in total. The van der Waals surface area contributed by atoms with E-state index in [1.54, 1.807) is 0 Å². The smallest absolute Gasteiger partial charge is 0.321 e. The van der Waals surface area contributed by atoms with Gasteiger partial charge in [0.15, 0.2) is 0 Å². The molecule has 2 N–H and O–H groups in total. The van der Waals surface area contributed by atoms with E-state index in [0.29, 0.717) is 0 Å². The van der Waals surface area contributed by atoms with Gasteiger partial charge in [-0.3, -0.25) is 4.79 Å². The highest BCUT2D eigenvalue weighted by atomic mass is 79.9. The lowest BCUT2D eigenvalue weighted by atomic mass is 10.3. The molecule has 0 saturated heterocycles. The third-order valence-electron chi connectivity index (χ3n) is 2.20. The minimum atomic E-state index is -4.14. The zero-order valence-corrected chi connectivity index (χ0v) is 12.4. The van der Waals surface area contributed by atoms with Crippen molar-refractivity contribution in [1.29, 1.82) is 0 Å². The molecule has 0 heterocycles. The summed E-state index contributed by atoms with van der Waals surface area (Å²) in [6, 6.07) is 0.577. The quantitative estimate of drug-likeness (QED) is 0.831. The van der Waals surface area contributed by atoms with Crippen molar-refractivity contribution in [2.45, 2.75) is 17.9 Å². The first kappa shape index (κ1) is 15.9. The minimum Gasteiger partial charge on any atom is -0.495 e. The molecule has 9 heteroatoms. The highest BCUT2D eigenvalue weighted by Crippen LogP contribution is 2.29. The summed E-state index contributed by atoms with van der Waals surface area (Å²) >= 11 is 2.86. The van der Waals surface area contributed by atoms with Crippen LogP contribution in [0.4, 0.5) is 4.39 Å². The van der Waals surface area contributed by atoms with Gasteiger partial charge in [-0.1, -0.05) is 0 Å². The van der Waals surface area contributed by atoms with Crippen molar-refractivity contribution in [3.8, 4) is 5.75 Å². The summed E-state index contributed by atoms with van der Waals surface area (Å²) < 4.78 is 43.9. The number of carboxylic acid groups (broad SMARTS) is 1. The molecular weight excluding hydrogens is 345 g/mol. The van der Waals surface area contributed by atoms with Crippen molar-refractivity contribution in [3.05, 3.63) is 22.4 Å². The highest BCUT2D eigenvalue weighted by molar-refractivity contribution is 9.10. The monoisotopic (exact) mass is 355 g/mol. The van der Waals surface area contributed by atoms with Gasteiger partial charge in [-0.25, -0.2) is 12.8 Å². The summed E-state index contributed by atoms with van der Waals surface area (Å²) in [5.74, 6) is -2.24. The molecule has 0 bridgehead atoms. The van der Waals surface area contributed by atoms with Gasteiger partial charge in [-0.2, -0.15) is 4.72 Å². The van der Waals surface area contributed by atoms with E-state index >= 15 is 0 Å². The van der Waals surface area contributed by atoms with Gasteiger partial charge in [-0.05, 0) is 28.9 Å². The molecule has 0 spiro atoms. The Labute approximate surface area is 117 Å². The lowest BCUT2D eigenvalue weighted by Gasteiger charge is -2.13. The minimum absolute atomic E-state index is 0.0725. The van der Waals surface area contributed by atoms with Crippen LogP contribution in [0.2, 0.25) is 0 Å². The number of ether oxygens (including phenoxy) is 1. The first-order chi connectivity index (χ1) is 8.69. The number of methoxy groups -OCH3 is 1. The molecule has 0 amide bonds. The van der Waals surface area contributed by atoms with Crippen LogP contribution >= 0.6 is 15.9 Å². The van der Waals surface area contributed by atoms with Crippen LogP contribution in [-0.4, -0.2) is 32.6 Å². The summed E-state index contributed by atoms with van der Waals surface area (Å²) in [4.78, 5) is 10.3. The molecule has 0 saturated carbocycles. The molecule has 106 valence electrons. The molecule has 0 aliphatic heterocycles. The number of sulfonamides is 1. The summed E-state index contributed by atoms with van der Waals surface area (Å²) in [5, 5.41) is 8.69. The van der Waals surface area contributed by atoms with E-state index in [-0.39, 0.29) is 15.1 Å². The summed E-state index contributed by atoms with van der Waals surface area (Å²) in [7, 11) is -2.96. The van der Waals surface area contributed by atoms with Gasteiger partial charge in [0, 0.05) is 6.07 Å². The van der Waals surface area contributed by atoms with Crippen LogP contribution in [0.25, 0.3) is 0 Å². The summed E-state index contributed by atoms with van der Waals surface area (Å²) in [6.07, 6.45) is 0. The normalized spacial score (nSPS) is 13.1. The zero-order valence-electron chi connectivity index (χ0n) is 9.98. The van der Waals surface area contributed by atoms with Crippen LogP contribution < -0.4 is 9.46 Å². The van der Waals surface area contributed by atoms with Crippen molar-refractivity contribution in [2.24, 2.45) is 0 Å². The SMILES string of the molecule is COc1cc(F)c(Br)cc1S(=O)(=O)N[C@H](C)C(=O)O. The number of hydrogen-bond acceptors (Lipinski definition) is 4. The predicted molar refractivity (Wildman–Crippen MR) is 68.1 cm³/mol. The van der Waals surface area contributed by atoms with E-state index in [0.717, 1.165) is 12.1 Å². The standard InChI is InChI=1S/C10H11BrFNO5S/c1-5(10(14)15)13-19(16,17)9-3-6(11)7(12)4-8(9)18-2/h3-5,13H,1-2H3,(H,14,15)/t5-/m1/s1. The van der Waals surface area contributed by atoms with Crippen LogP contribution in [0.1, 0.15) is 6.92 Å². The van der Waals surface area contributed by atoms with Gasteiger partial charge < -0.3 is 9.84 Å². The van der Waals surface area contributed by atoms with Crippen LogP contribution in [0, 0.1) is 5.82 Å². The Morgan fingerprint density at radius 3 is 2.58 bits per heavy atom. The van der Waals surface area contributed by atoms with Crippen LogP contribution in [-0.2, 0) is 14.8 Å². The topological polar surface area (TPSA) is 92.7 Å². The van der Waals surface area contributed by atoms with Crippen LogP contribution in [0.15, 0.2) is 21.5 Å². The Morgan fingerprint density at radius 1 is 1.53 bits per heavy atom. The van der Waals surface area contributed by atoms with E-state index in [9.17, 15) is 17.6 Å². The number of halogens is 2. The molecule has 19 heavy (non-hydrogen) atoms. The predicted octanol–water partition coefficient (Wildman–Crippen LogP) is 1.35.